The average Bonchev–Trinajstić information content (AvgIpc) is 2.82. The van der Waals surface area contributed by atoms with Crippen LogP contribution in [0.3, 0.4) is 0 Å². The normalized spacial score (nSPS) is 23.7. The number of para-hydroxylation sites is 1. The molecule has 2 aliphatic rings. The number of nitrogens with zero attached hydrogens (tertiary/aromatic N) is 2. The molecule has 16 heavy (non-hydrogen) atoms. The van der Waals surface area contributed by atoms with Crippen molar-refractivity contribution < 1.29 is 4.74 Å². The maximum Gasteiger partial charge on any atom is 0.292 e. The van der Waals surface area contributed by atoms with Crippen molar-refractivity contribution in [3.63, 3.8) is 0 Å². The maximum atomic E-state index is 5.60. The molecule has 0 spiro atoms. The van der Waals surface area contributed by atoms with Gasteiger partial charge in [-0.2, -0.15) is 0 Å². The van der Waals surface area contributed by atoms with Gasteiger partial charge < -0.3 is 4.74 Å². The van der Waals surface area contributed by atoms with Crippen molar-refractivity contribution in [1.29, 1.82) is 0 Å². The largest absolute Gasteiger partial charge is 0.463 e. The fraction of sp³-hybridized carbons (Fsp3) is 0.462. The van der Waals surface area contributed by atoms with Crippen LogP contribution in [0.4, 0.5) is 5.69 Å². The Morgan fingerprint density at radius 1 is 1.38 bits per heavy atom. The van der Waals surface area contributed by atoms with Crippen LogP contribution in [0.5, 0.6) is 0 Å². The van der Waals surface area contributed by atoms with Crippen molar-refractivity contribution >= 4 is 11.7 Å². The minimum absolute atomic E-state index is 0.478. The first kappa shape index (κ1) is 9.70. The molecule has 0 N–H and O–H groups in total. The summed E-state index contributed by atoms with van der Waals surface area (Å²) >= 11 is 0. The van der Waals surface area contributed by atoms with Crippen LogP contribution in [-0.2, 0) is 11.2 Å². The molecule has 1 atom stereocenters. The van der Waals surface area contributed by atoms with E-state index in [1.165, 1.54) is 17.7 Å². The molecule has 0 saturated heterocycles. The Morgan fingerprint density at radius 3 is 3.06 bits per heavy atom. The lowest BCUT2D eigenvalue weighted by Crippen LogP contribution is -2.42. The predicted molar refractivity (Wildman–Crippen MR) is 65.0 cm³/mol. The SMILES string of the molecule is CC1CCc2ccccc2N1C1=NCCO1. The van der Waals surface area contributed by atoms with Gasteiger partial charge in [-0.3, -0.25) is 4.90 Å². The summed E-state index contributed by atoms with van der Waals surface area (Å²) in [6, 6.07) is 9.83. The molecular formula is C13H16N2O. The Bertz CT molecular complexity index is 428. The summed E-state index contributed by atoms with van der Waals surface area (Å²) in [6.07, 6.45) is 2.32. The molecule has 3 heteroatoms. The summed E-state index contributed by atoms with van der Waals surface area (Å²) < 4.78 is 5.60. The van der Waals surface area contributed by atoms with Gasteiger partial charge in [-0.25, -0.2) is 4.99 Å². The third kappa shape index (κ3) is 1.47. The zero-order valence-electron chi connectivity index (χ0n) is 9.52. The molecule has 0 fully saturated rings. The highest BCUT2D eigenvalue weighted by molar-refractivity contribution is 5.94. The van der Waals surface area contributed by atoms with E-state index in [9.17, 15) is 0 Å². The van der Waals surface area contributed by atoms with Crippen LogP contribution in [0.15, 0.2) is 29.3 Å². The van der Waals surface area contributed by atoms with Crippen LogP contribution in [0, 0.1) is 0 Å². The lowest BCUT2D eigenvalue weighted by Gasteiger charge is -2.35. The Kier molecular flexibility index (Phi) is 2.31. The van der Waals surface area contributed by atoms with E-state index < -0.39 is 0 Å². The molecule has 3 nitrogen and oxygen atoms in total. The number of anilines is 1. The molecule has 0 amide bonds. The minimum atomic E-state index is 0.478. The van der Waals surface area contributed by atoms with Crippen molar-refractivity contribution in [3.05, 3.63) is 29.8 Å². The summed E-state index contributed by atoms with van der Waals surface area (Å²) in [5.41, 5.74) is 2.67. The highest BCUT2D eigenvalue weighted by Gasteiger charge is 2.28. The minimum Gasteiger partial charge on any atom is -0.463 e. The first-order valence-corrected chi connectivity index (χ1v) is 5.90. The number of benzene rings is 1. The number of aryl methyl sites for hydroxylation is 1. The van der Waals surface area contributed by atoms with Crippen molar-refractivity contribution in [1.82, 2.24) is 0 Å². The van der Waals surface area contributed by atoms with E-state index in [2.05, 4.69) is 41.1 Å². The molecule has 0 aliphatic carbocycles. The number of aliphatic imine (C=N–C) groups is 1. The molecular weight excluding hydrogens is 200 g/mol. The number of ether oxygens (including phenoxy) is 1. The number of rotatable bonds is 0. The highest BCUT2D eigenvalue weighted by Crippen LogP contribution is 2.31. The van der Waals surface area contributed by atoms with Gasteiger partial charge >= 0.3 is 0 Å². The lowest BCUT2D eigenvalue weighted by molar-refractivity contribution is 0.333. The highest BCUT2D eigenvalue weighted by atomic mass is 16.5. The number of hydrogen-bond donors (Lipinski definition) is 0. The Labute approximate surface area is 95.7 Å². The van der Waals surface area contributed by atoms with Gasteiger partial charge in [0.1, 0.15) is 6.61 Å². The van der Waals surface area contributed by atoms with Gasteiger partial charge in [0.25, 0.3) is 6.02 Å². The van der Waals surface area contributed by atoms with Crippen LogP contribution in [0.25, 0.3) is 0 Å². The summed E-state index contributed by atoms with van der Waals surface area (Å²) in [6.45, 7) is 3.75. The zero-order chi connectivity index (χ0) is 11.0. The molecule has 1 aromatic carbocycles. The maximum absolute atomic E-state index is 5.60. The Balaban J connectivity index is 2.03. The van der Waals surface area contributed by atoms with Crippen molar-refractivity contribution in [2.45, 2.75) is 25.8 Å². The van der Waals surface area contributed by atoms with Gasteiger partial charge in [0.15, 0.2) is 0 Å². The fourth-order valence-electron chi connectivity index (χ4n) is 2.45. The molecule has 3 rings (SSSR count). The first-order chi connectivity index (χ1) is 7.86. The second-order valence-electron chi connectivity index (χ2n) is 4.40. The van der Waals surface area contributed by atoms with E-state index in [-0.39, 0.29) is 0 Å². The molecule has 1 unspecified atom stereocenters. The van der Waals surface area contributed by atoms with Crippen LogP contribution < -0.4 is 4.90 Å². The molecule has 0 bridgehead atoms. The van der Waals surface area contributed by atoms with Gasteiger partial charge in [-0.15, -0.1) is 0 Å². The van der Waals surface area contributed by atoms with E-state index in [0.29, 0.717) is 6.04 Å². The second kappa shape index (κ2) is 3.81. The molecule has 2 aliphatic heterocycles. The summed E-state index contributed by atoms with van der Waals surface area (Å²) in [4.78, 5) is 6.67. The quantitative estimate of drug-likeness (QED) is 0.664. The third-order valence-electron chi connectivity index (χ3n) is 3.30. The van der Waals surface area contributed by atoms with E-state index in [1.807, 2.05) is 0 Å². The predicted octanol–water partition coefficient (Wildman–Crippen LogP) is 2.21. The van der Waals surface area contributed by atoms with E-state index in [0.717, 1.165) is 25.6 Å². The topological polar surface area (TPSA) is 24.8 Å². The molecule has 1 aromatic rings. The number of hydrogen-bond acceptors (Lipinski definition) is 3. The van der Waals surface area contributed by atoms with Crippen molar-refractivity contribution in [2.75, 3.05) is 18.1 Å². The number of amidine groups is 1. The Morgan fingerprint density at radius 2 is 2.25 bits per heavy atom. The smallest absolute Gasteiger partial charge is 0.292 e. The summed E-state index contributed by atoms with van der Waals surface area (Å²) in [7, 11) is 0. The van der Waals surface area contributed by atoms with Gasteiger partial charge in [0, 0.05) is 11.7 Å². The monoisotopic (exact) mass is 216 g/mol. The summed E-state index contributed by atoms with van der Waals surface area (Å²) in [5.74, 6) is 0. The molecule has 0 aromatic heterocycles. The van der Waals surface area contributed by atoms with Crippen LogP contribution in [0.2, 0.25) is 0 Å². The molecule has 0 saturated carbocycles. The number of fused-ring (bicyclic) bond motifs is 1. The van der Waals surface area contributed by atoms with E-state index in [4.69, 9.17) is 4.74 Å². The van der Waals surface area contributed by atoms with Gasteiger partial charge in [-0.1, -0.05) is 18.2 Å². The molecule has 0 radical (unpaired) electrons. The van der Waals surface area contributed by atoms with E-state index >= 15 is 0 Å². The second-order valence-corrected chi connectivity index (χ2v) is 4.40. The summed E-state index contributed by atoms with van der Waals surface area (Å²) in [5, 5.41) is 0. The first-order valence-electron chi connectivity index (χ1n) is 5.90. The van der Waals surface area contributed by atoms with Crippen LogP contribution in [-0.4, -0.2) is 25.2 Å². The van der Waals surface area contributed by atoms with Crippen molar-refractivity contribution in [3.8, 4) is 0 Å². The standard InChI is InChI=1S/C13H16N2O/c1-10-6-7-11-4-2-3-5-12(11)15(10)13-14-8-9-16-13/h2-5,10H,6-9H2,1H3. The van der Waals surface area contributed by atoms with Gasteiger partial charge in [0.2, 0.25) is 0 Å². The fourth-order valence-corrected chi connectivity index (χ4v) is 2.45. The van der Waals surface area contributed by atoms with Gasteiger partial charge in [0.05, 0.1) is 6.54 Å². The third-order valence-corrected chi connectivity index (χ3v) is 3.30. The van der Waals surface area contributed by atoms with Crippen LogP contribution >= 0.6 is 0 Å². The molecule has 84 valence electrons. The van der Waals surface area contributed by atoms with Crippen molar-refractivity contribution in [2.24, 2.45) is 4.99 Å². The van der Waals surface area contributed by atoms with E-state index in [1.54, 1.807) is 0 Å². The average molecular weight is 216 g/mol. The lowest BCUT2D eigenvalue weighted by atomic mass is 9.97. The van der Waals surface area contributed by atoms with Gasteiger partial charge in [-0.05, 0) is 31.4 Å². The molecule has 2 heterocycles. The zero-order valence-corrected chi connectivity index (χ0v) is 9.52. The van der Waals surface area contributed by atoms with Crippen LogP contribution in [0.1, 0.15) is 18.9 Å². The Hall–Kier alpha value is -1.51.